The van der Waals surface area contributed by atoms with Crippen molar-refractivity contribution >= 4 is 23.2 Å². The fourth-order valence-electron chi connectivity index (χ4n) is 1.33. The predicted molar refractivity (Wildman–Crippen MR) is 63.1 cm³/mol. The van der Waals surface area contributed by atoms with E-state index in [9.17, 15) is 0 Å². The van der Waals surface area contributed by atoms with Crippen LogP contribution in [0.4, 0.5) is 0 Å². The van der Waals surface area contributed by atoms with Gasteiger partial charge in [-0.1, -0.05) is 29.8 Å². The zero-order valence-electron chi connectivity index (χ0n) is 8.34. The van der Waals surface area contributed by atoms with Crippen molar-refractivity contribution in [2.24, 2.45) is 0 Å². The van der Waals surface area contributed by atoms with E-state index in [1.165, 1.54) is 5.56 Å². The van der Waals surface area contributed by atoms with Gasteiger partial charge in [0, 0.05) is 17.4 Å². The third-order valence-electron chi connectivity index (χ3n) is 2.07. The van der Waals surface area contributed by atoms with Gasteiger partial charge in [-0.2, -0.15) is 0 Å². The van der Waals surface area contributed by atoms with Gasteiger partial charge < -0.3 is 4.90 Å². The molecule has 1 nitrogen and oxygen atoms in total. The summed E-state index contributed by atoms with van der Waals surface area (Å²) in [5, 5.41) is 0.838. The van der Waals surface area contributed by atoms with Gasteiger partial charge in [0.25, 0.3) is 0 Å². The Balaban J connectivity index is 2.47. The van der Waals surface area contributed by atoms with Crippen molar-refractivity contribution in [1.82, 2.24) is 4.90 Å². The number of rotatable bonds is 5. The molecule has 78 valence electrons. The lowest BCUT2D eigenvalue weighted by molar-refractivity contribution is 0.328. The molecule has 1 aromatic carbocycles. The first kappa shape index (κ1) is 11.8. The Morgan fingerprint density at radius 3 is 2.64 bits per heavy atom. The van der Waals surface area contributed by atoms with Crippen LogP contribution in [-0.4, -0.2) is 24.4 Å². The molecule has 0 aliphatic carbocycles. The van der Waals surface area contributed by atoms with Crippen molar-refractivity contribution < 1.29 is 0 Å². The van der Waals surface area contributed by atoms with Crippen molar-refractivity contribution in [2.75, 3.05) is 19.5 Å². The molecule has 0 atom stereocenters. The standard InChI is InChI=1S/C11H15Cl2N/c1-14(8-4-7-12)9-10-5-2-3-6-11(10)13/h2-3,5-6H,4,7-9H2,1H3. The SMILES string of the molecule is CN(CCCCl)Cc1ccccc1Cl. The Hall–Kier alpha value is -0.240. The van der Waals surface area contributed by atoms with E-state index < -0.39 is 0 Å². The maximum Gasteiger partial charge on any atom is 0.0451 e. The Morgan fingerprint density at radius 1 is 1.29 bits per heavy atom. The first-order valence-electron chi connectivity index (χ1n) is 4.72. The van der Waals surface area contributed by atoms with Crippen LogP contribution in [0.15, 0.2) is 24.3 Å². The van der Waals surface area contributed by atoms with E-state index in [0.29, 0.717) is 5.88 Å². The second-order valence-corrected chi connectivity index (χ2v) is 4.16. The zero-order chi connectivity index (χ0) is 10.4. The van der Waals surface area contributed by atoms with Gasteiger partial charge in [-0.3, -0.25) is 0 Å². The molecule has 0 amide bonds. The molecule has 3 heteroatoms. The van der Waals surface area contributed by atoms with E-state index in [4.69, 9.17) is 23.2 Å². The Bertz CT molecular complexity index is 276. The van der Waals surface area contributed by atoms with Crippen LogP contribution in [0.25, 0.3) is 0 Å². The van der Waals surface area contributed by atoms with E-state index in [2.05, 4.69) is 18.0 Å². The van der Waals surface area contributed by atoms with Gasteiger partial charge in [0.1, 0.15) is 0 Å². The molecule has 0 aliphatic rings. The molecule has 0 heterocycles. The van der Waals surface area contributed by atoms with Crippen LogP contribution < -0.4 is 0 Å². The number of halogens is 2. The van der Waals surface area contributed by atoms with E-state index in [0.717, 1.165) is 24.5 Å². The van der Waals surface area contributed by atoms with Crippen LogP contribution in [0.1, 0.15) is 12.0 Å². The second kappa shape index (κ2) is 6.28. The first-order chi connectivity index (χ1) is 6.74. The molecule has 0 N–H and O–H groups in total. The first-order valence-corrected chi connectivity index (χ1v) is 5.63. The molecule has 14 heavy (non-hydrogen) atoms. The summed E-state index contributed by atoms with van der Waals surface area (Å²) in [6, 6.07) is 7.94. The molecule has 0 bridgehead atoms. The Kier molecular flexibility index (Phi) is 5.31. The van der Waals surface area contributed by atoms with Gasteiger partial charge >= 0.3 is 0 Å². The Labute approximate surface area is 95.6 Å². The second-order valence-electron chi connectivity index (χ2n) is 3.37. The average Bonchev–Trinajstić information content (AvgIpc) is 2.18. The van der Waals surface area contributed by atoms with Crippen LogP contribution in [-0.2, 0) is 6.54 Å². The molecular weight excluding hydrogens is 217 g/mol. The van der Waals surface area contributed by atoms with Crippen LogP contribution >= 0.6 is 23.2 Å². The smallest absolute Gasteiger partial charge is 0.0451 e. The van der Waals surface area contributed by atoms with Crippen LogP contribution in [0.5, 0.6) is 0 Å². The fourth-order valence-corrected chi connectivity index (χ4v) is 1.64. The maximum atomic E-state index is 6.05. The van der Waals surface area contributed by atoms with Crippen LogP contribution in [0, 0.1) is 0 Å². The molecule has 0 unspecified atom stereocenters. The van der Waals surface area contributed by atoms with Crippen molar-refractivity contribution in [1.29, 1.82) is 0 Å². The van der Waals surface area contributed by atoms with E-state index >= 15 is 0 Å². The van der Waals surface area contributed by atoms with Crippen molar-refractivity contribution in [3.8, 4) is 0 Å². The lowest BCUT2D eigenvalue weighted by Gasteiger charge is -2.16. The van der Waals surface area contributed by atoms with Gasteiger partial charge in [0.05, 0.1) is 0 Å². The number of nitrogens with zero attached hydrogens (tertiary/aromatic N) is 1. The summed E-state index contributed by atoms with van der Waals surface area (Å²) in [5.74, 6) is 0.715. The van der Waals surface area contributed by atoms with Gasteiger partial charge in [0.2, 0.25) is 0 Å². The summed E-state index contributed by atoms with van der Waals surface area (Å²) in [6.07, 6.45) is 1.02. The number of hydrogen-bond donors (Lipinski definition) is 0. The minimum Gasteiger partial charge on any atom is -0.302 e. The number of alkyl halides is 1. The summed E-state index contributed by atoms with van der Waals surface area (Å²) >= 11 is 11.7. The molecule has 0 aliphatic heterocycles. The maximum absolute atomic E-state index is 6.05. The molecule has 0 aromatic heterocycles. The molecule has 1 aromatic rings. The lowest BCUT2D eigenvalue weighted by Crippen LogP contribution is -2.19. The highest BCUT2D eigenvalue weighted by atomic mass is 35.5. The summed E-state index contributed by atoms with van der Waals surface area (Å²) in [5.41, 5.74) is 1.17. The van der Waals surface area contributed by atoms with Crippen molar-refractivity contribution in [3.63, 3.8) is 0 Å². The van der Waals surface area contributed by atoms with Crippen LogP contribution in [0.3, 0.4) is 0 Å². The van der Waals surface area contributed by atoms with Crippen LogP contribution in [0.2, 0.25) is 5.02 Å². The molecule has 0 saturated carbocycles. The summed E-state index contributed by atoms with van der Waals surface area (Å²) in [4.78, 5) is 2.23. The lowest BCUT2D eigenvalue weighted by atomic mass is 10.2. The molecule has 0 radical (unpaired) electrons. The molecule has 0 spiro atoms. The van der Waals surface area contributed by atoms with Gasteiger partial charge in [0.15, 0.2) is 0 Å². The average molecular weight is 232 g/mol. The largest absolute Gasteiger partial charge is 0.302 e. The Morgan fingerprint density at radius 2 is 2.00 bits per heavy atom. The summed E-state index contributed by atoms with van der Waals surface area (Å²) in [7, 11) is 2.08. The van der Waals surface area contributed by atoms with E-state index in [1.54, 1.807) is 0 Å². The monoisotopic (exact) mass is 231 g/mol. The normalized spacial score (nSPS) is 10.9. The van der Waals surface area contributed by atoms with Gasteiger partial charge in [-0.25, -0.2) is 0 Å². The van der Waals surface area contributed by atoms with Gasteiger partial charge in [-0.05, 0) is 31.6 Å². The zero-order valence-corrected chi connectivity index (χ0v) is 9.85. The van der Waals surface area contributed by atoms with E-state index in [-0.39, 0.29) is 0 Å². The molecule has 1 rings (SSSR count). The minimum absolute atomic E-state index is 0.715. The number of benzene rings is 1. The summed E-state index contributed by atoms with van der Waals surface area (Å²) < 4.78 is 0. The topological polar surface area (TPSA) is 3.24 Å². The van der Waals surface area contributed by atoms with Crippen molar-refractivity contribution in [2.45, 2.75) is 13.0 Å². The summed E-state index contributed by atoms with van der Waals surface area (Å²) in [6.45, 7) is 1.89. The quantitative estimate of drug-likeness (QED) is 0.703. The third-order valence-corrected chi connectivity index (χ3v) is 2.71. The highest BCUT2D eigenvalue weighted by molar-refractivity contribution is 6.31. The minimum atomic E-state index is 0.715. The third kappa shape index (κ3) is 3.87. The highest BCUT2D eigenvalue weighted by Crippen LogP contribution is 2.16. The van der Waals surface area contributed by atoms with Crippen molar-refractivity contribution in [3.05, 3.63) is 34.9 Å². The highest BCUT2D eigenvalue weighted by Gasteiger charge is 2.02. The molecule has 0 fully saturated rings. The van der Waals surface area contributed by atoms with E-state index in [1.807, 2.05) is 18.2 Å². The fraction of sp³-hybridized carbons (Fsp3) is 0.455. The predicted octanol–water partition coefficient (Wildman–Crippen LogP) is 3.40. The molecule has 0 saturated heterocycles. The number of hydrogen-bond acceptors (Lipinski definition) is 1. The van der Waals surface area contributed by atoms with Gasteiger partial charge in [-0.15, -0.1) is 11.6 Å². The molecular formula is C11H15Cl2N.